The van der Waals surface area contributed by atoms with Crippen LogP contribution in [0, 0.1) is 0 Å². The van der Waals surface area contributed by atoms with Crippen LogP contribution in [-0.4, -0.2) is 21.5 Å². The number of hydrogen-bond donors (Lipinski definition) is 2. The van der Waals surface area contributed by atoms with Gasteiger partial charge in [-0.05, 0) is 38.4 Å². The first-order chi connectivity index (χ1) is 8.63. The Morgan fingerprint density at radius 3 is 2.67 bits per heavy atom. The molecule has 4 nitrogen and oxygen atoms in total. The van der Waals surface area contributed by atoms with Gasteiger partial charge >= 0.3 is 0 Å². The number of rotatable bonds is 4. The smallest absolute Gasteiger partial charge is 0.242 e. The molecule has 0 spiro atoms. The van der Waals surface area contributed by atoms with E-state index in [2.05, 4.69) is 22.2 Å². The predicted molar refractivity (Wildman–Crippen MR) is 73.1 cm³/mol. The third kappa shape index (κ3) is 2.91. The molecule has 0 saturated carbocycles. The first-order valence-electron chi connectivity index (χ1n) is 6.07. The van der Waals surface area contributed by atoms with Gasteiger partial charge in [0.25, 0.3) is 0 Å². The van der Waals surface area contributed by atoms with Gasteiger partial charge in [0, 0.05) is 6.04 Å². The van der Waals surface area contributed by atoms with Gasteiger partial charge in [0.05, 0.1) is 5.69 Å². The molecule has 98 valence electrons. The average Bonchev–Trinajstić information content (AvgIpc) is 2.40. The van der Waals surface area contributed by atoms with Gasteiger partial charge in [0.2, 0.25) is 10.0 Å². The van der Waals surface area contributed by atoms with Crippen LogP contribution in [0.5, 0.6) is 0 Å². The molecular formula is C13H18N2O2S. The molecule has 5 heteroatoms. The molecule has 1 atom stereocenters. The summed E-state index contributed by atoms with van der Waals surface area (Å²) < 4.78 is 26.2. The minimum atomic E-state index is -3.41. The molecule has 1 aromatic rings. The van der Waals surface area contributed by atoms with Crippen molar-refractivity contribution < 1.29 is 8.42 Å². The zero-order valence-corrected chi connectivity index (χ0v) is 11.2. The molecule has 0 bridgehead atoms. The van der Waals surface area contributed by atoms with Gasteiger partial charge in [-0.3, -0.25) is 0 Å². The van der Waals surface area contributed by atoms with Crippen molar-refractivity contribution in [1.82, 2.24) is 4.72 Å². The summed E-state index contributed by atoms with van der Waals surface area (Å²) in [5, 5.41) is 3.32. The van der Waals surface area contributed by atoms with Gasteiger partial charge in [0.15, 0.2) is 0 Å². The first-order valence-corrected chi connectivity index (χ1v) is 7.56. The SMILES string of the molecule is CNS(=O)(=O)c1ccccc1NC1CC=CCC1. The van der Waals surface area contributed by atoms with Crippen LogP contribution in [-0.2, 0) is 10.0 Å². The van der Waals surface area contributed by atoms with Crippen LogP contribution in [0.25, 0.3) is 0 Å². The van der Waals surface area contributed by atoms with Gasteiger partial charge in [-0.1, -0.05) is 24.3 Å². The molecule has 0 aliphatic heterocycles. The molecule has 1 unspecified atom stereocenters. The molecule has 1 aliphatic carbocycles. The molecule has 2 rings (SSSR count). The molecule has 2 N–H and O–H groups in total. The fraction of sp³-hybridized carbons (Fsp3) is 0.385. The third-order valence-corrected chi connectivity index (χ3v) is 4.55. The Hall–Kier alpha value is -1.33. The van der Waals surface area contributed by atoms with Crippen molar-refractivity contribution in [3.63, 3.8) is 0 Å². The van der Waals surface area contributed by atoms with Crippen molar-refractivity contribution >= 4 is 15.7 Å². The number of para-hydroxylation sites is 1. The van der Waals surface area contributed by atoms with Crippen molar-refractivity contribution in [3.8, 4) is 0 Å². The maximum absolute atomic E-state index is 11.9. The van der Waals surface area contributed by atoms with Crippen molar-refractivity contribution in [3.05, 3.63) is 36.4 Å². The minimum absolute atomic E-state index is 0.307. The summed E-state index contributed by atoms with van der Waals surface area (Å²) in [6.45, 7) is 0. The van der Waals surface area contributed by atoms with E-state index in [-0.39, 0.29) is 0 Å². The van der Waals surface area contributed by atoms with Crippen LogP contribution in [0.2, 0.25) is 0 Å². The van der Waals surface area contributed by atoms with E-state index in [0.29, 0.717) is 16.6 Å². The normalized spacial score (nSPS) is 19.7. The Labute approximate surface area is 108 Å². The predicted octanol–water partition coefficient (Wildman–Crippen LogP) is 2.12. The number of benzene rings is 1. The highest BCUT2D eigenvalue weighted by Crippen LogP contribution is 2.24. The maximum atomic E-state index is 11.9. The lowest BCUT2D eigenvalue weighted by molar-refractivity contribution is 0.587. The highest BCUT2D eigenvalue weighted by atomic mass is 32.2. The van der Waals surface area contributed by atoms with Gasteiger partial charge in [-0.2, -0.15) is 0 Å². The van der Waals surface area contributed by atoms with Crippen LogP contribution in [0.1, 0.15) is 19.3 Å². The van der Waals surface area contributed by atoms with Crippen LogP contribution in [0.4, 0.5) is 5.69 Å². The first kappa shape index (κ1) is 13.1. The second-order valence-electron chi connectivity index (χ2n) is 4.33. The zero-order chi connectivity index (χ0) is 13.0. The highest BCUT2D eigenvalue weighted by Gasteiger charge is 2.18. The Balaban J connectivity index is 2.25. The summed E-state index contributed by atoms with van der Waals surface area (Å²) in [4.78, 5) is 0.307. The van der Waals surface area contributed by atoms with E-state index in [4.69, 9.17) is 0 Å². The largest absolute Gasteiger partial charge is 0.381 e. The fourth-order valence-corrected chi connectivity index (χ4v) is 2.97. The molecular weight excluding hydrogens is 248 g/mol. The summed E-state index contributed by atoms with van der Waals surface area (Å²) >= 11 is 0. The Kier molecular flexibility index (Phi) is 4.04. The van der Waals surface area contributed by atoms with Crippen LogP contribution in [0.15, 0.2) is 41.3 Å². The van der Waals surface area contributed by atoms with Crippen LogP contribution in [0.3, 0.4) is 0 Å². The summed E-state index contributed by atoms with van der Waals surface area (Å²) in [6, 6.07) is 7.31. The van der Waals surface area contributed by atoms with Crippen molar-refractivity contribution in [2.45, 2.75) is 30.2 Å². The Morgan fingerprint density at radius 1 is 1.22 bits per heavy atom. The molecule has 0 fully saturated rings. The molecule has 1 aliphatic rings. The van der Waals surface area contributed by atoms with Crippen molar-refractivity contribution in [2.75, 3.05) is 12.4 Å². The van der Waals surface area contributed by atoms with E-state index >= 15 is 0 Å². The zero-order valence-electron chi connectivity index (χ0n) is 10.4. The quantitative estimate of drug-likeness (QED) is 0.821. The number of allylic oxidation sites excluding steroid dienone is 1. The van der Waals surface area contributed by atoms with E-state index in [9.17, 15) is 8.42 Å². The second kappa shape index (κ2) is 5.54. The monoisotopic (exact) mass is 266 g/mol. The summed E-state index contributed by atoms with van der Waals surface area (Å²) in [7, 11) is -1.98. The summed E-state index contributed by atoms with van der Waals surface area (Å²) in [6.07, 6.45) is 7.31. The lowest BCUT2D eigenvalue weighted by Gasteiger charge is -2.22. The standard InChI is InChI=1S/C13H18N2O2S/c1-14-18(16,17)13-10-6-5-9-12(13)15-11-7-3-2-4-8-11/h2-3,5-6,9-11,14-15H,4,7-8H2,1H3. The average molecular weight is 266 g/mol. The van der Waals surface area contributed by atoms with Crippen molar-refractivity contribution in [2.24, 2.45) is 0 Å². The number of nitrogens with one attached hydrogen (secondary N) is 2. The van der Waals surface area contributed by atoms with E-state index in [1.807, 2.05) is 12.1 Å². The summed E-state index contributed by atoms with van der Waals surface area (Å²) in [5.74, 6) is 0. The van der Waals surface area contributed by atoms with Crippen LogP contribution >= 0.6 is 0 Å². The molecule has 0 amide bonds. The number of sulfonamides is 1. The van der Waals surface area contributed by atoms with Crippen LogP contribution < -0.4 is 10.0 Å². The summed E-state index contributed by atoms with van der Waals surface area (Å²) in [5.41, 5.74) is 0.673. The molecule has 18 heavy (non-hydrogen) atoms. The van der Waals surface area contributed by atoms with E-state index < -0.39 is 10.0 Å². The lowest BCUT2D eigenvalue weighted by atomic mass is 10.0. The number of hydrogen-bond acceptors (Lipinski definition) is 3. The lowest BCUT2D eigenvalue weighted by Crippen LogP contribution is -2.24. The fourth-order valence-electron chi connectivity index (χ4n) is 2.07. The third-order valence-electron chi connectivity index (χ3n) is 3.07. The highest BCUT2D eigenvalue weighted by molar-refractivity contribution is 7.89. The van der Waals surface area contributed by atoms with Gasteiger partial charge in [-0.25, -0.2) is 13.1 Å². The Morgan fingerprint density at radius 2 is 2.00 bits per heavy atom. The maximum Gasteiger partial charge on any atom is 0.242 e. The molecule has 0 aromatic heterocycles. The second-order valence-corrected chi connectivity index (χ2v) is 6.18. The van der Waals surface area contributed by atoms with Gasteiger partial charge < -0.3 is 5.32 Å². The topological polar surface area (TPSA) is 58.2 Å². The minimum Gasteiger partial charge on any atom is -0.381 e. The van der Waals surface area contributed by atoms with E-state index in [1.165, 1.54) is 7.05 Å². The van der Waals surface area contributed by atoms with E-state index in [0.717, 1.165) is 19.3 Å². The molecule has 0 radical (unpaired) electrons. The molecule has 1 aromatic carbocycles. The number of anilines is 1. The van der Waals surface area contributed by atoms with Gasteiger partial charge in [0.1, 0.15) is 4.90 Å². The Bertz CT molecular complexity index is 538. The molecule has 0 heterocycles. The van der Waals surface area contributed by atoms with E-state index in [1.54, 1.807) is 12.1 Å². The van der Waals surface area contributed by atoms with Gasteiger partial charge in [-0.15, -0.1) is 0 Å². The van der Waals surface area contributed by atoms with Crippen molar-refractivity contribution in [1.29, 1.82) is 0 Å². The molecule has 0 saturated heterocycles.